The fraction of sp³-hybridized carbons (Fsp3) is 0.154. The van der Waals surface area contributed by atoms with Crippen LogP contribution in [-0.2, 0) is 11.4 Å². The number of aryl methyl sites for hydroxylation is 3. The SMILES string of the molecule is Cc1ccc(NC(=O)/C(C#N)=C/c2ccc(OCc3ccc(C)c(C)c3)c(Br)c2)cc1. The molecular formula is C26H23BrN2O2. The van der Waals surface area contributed by atoms with E-state index in [4.69, 9.17) is 4.74 Å². The molecule has 0 spiro atoms. The quantitative estimate of drug-likeness (QED) is 0.327. The number of rotatable bonds is 6. The van der Waals surface area contributed by atoms with Crippen molar-refractivity contribution in [2.75, 3.05) is 5.32 Å². The predicted molar refractivity (Wildman–Crippen MR) is 128 cm³/mol. The first-order chi connectivity index (χ1) is 14.9. The maximum atomic E-state index is 12.5. The van der Waals surface area contributed by atoms with E-state index in [2.05, 4.69) is 53.3 Å². The van der Waals surface area contributed by atoms with Crippen LogP contribution in [0.5, 0.6) is 5.75 Å². The molecule has 0 aliphatic heterocycles. The number of benzene rings is 3. The van der Waals surface area contributed by atoms with Gasteiger partial charge < -0.3 is 10.1 Å². The normalized spacial score (nSPS) is 11.0. The number of nitrogens with zero attached hydrogens (tertiary/aromatic N) is 1. The summed E-state index contributed by atoms with van der Waals surface area (Å²) in [7, 11) is 0. The maximum Gasteiger partial charge on any atom is 0.266 e. The zero-order valence-corrected chi connectivity index (χ0v) is 19.3. The average molecular weight is 475 g/mol. The average Bonchev–Trinajstić information content (AvgIpc) is 2.75. The van der Waals surface area contributed by atoms with Gasteiger partial charge in [0.2, 0.25) is 0 Å². The third-order valence-corrected chi connectivity index (χ3v) is 5.53. The van der Waals surface area contributed by atoms with Crippen molar-refractivity contribution in [2.45, 2.75) is 27.4 Å². The number of ether oxygens (including phenoxy) is 1. The highest BCUT2D eigenvalue weighted by Gasteiger charge is 2.11. The highest BCUT2D eigenvalue weighted by Crippen LogP contribution is 2.28. The molecule has 31 heavy (non-hydrogen) atoms. The van der Waals surface area contributed by atoms with E-state index in [9.17, 15) is 10.1 Å². The Morgan fingerprint density at radius 3 is 2.42 bits per heavy atom. The number of nitriles is 1. The monoisotopic (exact) mass is 474 g/mol. The minimum absolute atomic E-state index is 0.0243. The van der Waals surface area contributed by atoms with Crippen LogP contribution in [0.3, 0.4) is 0 Å². The molecule has 3 rings (SSSR count). The maximum absolute atomic E-state index is 12.5. The second-order valence-electron chi connectivity index (χ2n) is 7.39. The molecule has 3 aromatic rings. The Kier molecular flexibility index (Phi) is 7.28. The minimum atomic E-state index is -0.447. The van der Waals surface area contributed by atoms with Gasteiger partial charge in [-0.05, 0) is 89.3 Å². The Morgan fingerprint density at radius 2 is 1.77 bits per heavy atom. The molecule has 0 aliphatic rings. The highest BCUT2D eigenvalue weighted by molar-refractivity contribution is 9.10. The predicted octanol–water partition coefficient (Wildman–Crippen LogP) is 6.50. The van der Waals surface area contributed by atoms with Crippen molar-refractivity contribution in [3.63, 3.8) is 0 Å². The molecule has 0 unspecified atom stereocenters. The summed E-state index contributed by atoms with van der Waals surface area (Å²) in [5, 5.41) is 12.2. The standard InChI is InChI=1S/C26H23BrN2O2/c1-17-4-9-23(10-5-17)29-26(30)22(15-28)13-20-8-11-25(24(27)14-20)31-16-21-7-6-18(2)19(3)12-21/h4-14H,16H2,1-3H3,(H,29,30)/b22-13+. The van der Waals surface area contributed by atoms with Crippen LogP contribution in [0, 0.1) is 32.1 Å². The fourth-order valence-corrected chi connectivity index (χ4v) is 3.44. The van der Waals surface area contributed by atoms with Gasteiger partial charge in [0.15, 0.2) is 0 Å². The first-order valence-corrected chi connectivity index (χ1v) is 10.6. The van der Waals surface area contributed by atoms with Crippen LogP contribution in [0.15, 0.2) is 70.7 Å². The lowest BCUT2D eigenvalue weighted by Gasteiger charge is -2.10. The van der Waals surface area contributed by atoms with Gasteiger partial charge in [-0.3, -0.25) is 4.79 Å². The van der Waals surface area contributed by atoms with Gasteiger partial charge in [-0.25, -0.2) is 0 Å². The molecular weight excluding hydrogens is 452 g/mol. The Labute approximate surface area is 191 Å². The molecule has 0 saturated heterocycles. The van der Waals surface area contributed by atoms with E-state index in [1.807, 2.05) is 43.3 Å². The van der Waals surface area contributed by atoms with E-state index in [0.717, 1.165) is 21.2 Å². The molecule has 0 bridgehead atoms. The highest BCUT2D eigenvalue weighted by atomic mass is 79.9. The lowest BCUT2D eigenvalue weighted by Crippen LogP contribution is -2.13. The van der Waals surface area contributed by atoms with Gasteiger partial charge in [0.1, 0.15) is 24.0 Å². The summed E-state index contributed by atoms with van der Waals surface area (Å²) >= 11 is 3.52. The van der Waals surface area contributed by atoms with Gasteiger partial charge in [0, 0.05) is 5.69 Å². The number of carbonyl (C=O) groups is 1. The second-order valence-corrected chi connectivity index (χ2v) is 8.24. The van der Waals surface area contributed by atoms with Crippen LogP contribution in [0.2, 0.25) is 0 Å². The summed E-state index contributed by atoms with van der Waals surface area (Å²) in [6.07, 6.45) is 1.56. The summed E-state index contributed by atoms with van der Waals surface area (Å²) < 4.78 is 6.68. The van der Waals surface area contributed by atoms with Gasteiger partial charge in [-0.15, -0.1) is 0 Å². The van der Waals surface area contributed by atoms with Gasteiger partial charge in [0.25, 0.3) is 5.91 Å². The van der Waals surface area contributed by atoms with Crippen molar-refractivity contribution in [1.82, 2.24) is 0 Å². The van der Waals surface area contributed by atoms with Gasteiger partial charge in [-0.1, -0.05) is 42.0 Å². The third-order valence-electron chi connectivity index (χ3n) is 4.91. The summed E-state index contributed by atoms with van der Waals surface area (Å²) in [6, 6.07) is 21.1. The molecule has 0 aliphatic carbocycles. The second kappa shape index (κ2) is 10.1. The molecule has 156 valence electrons. The molecule has 0 saturated carbocycles. The van der Waals surface area contributed by atoms with E-state index < -0.39 is 5.91 Å². The fourth-order valence-electron chi connectivity index (χ4n) is 2.93. The Bertz CT molecular complexity index is 1180. The van der Waals surface area contributed by atoms with Gasteiger partial charge in [-0.2, -0.15) is 5.26 Å². The van der Waals surface area contributed by atoms with E-state index in [0.29, 0.717) is 18.0 Å². The molecule has 5 heteroatoms. The number of amides is 1. The van der Waals surface area contributed by atoms with Gasteiger partial charge >= 0.3 is 0 Å². The van der Waals surface area contributed by atoms with E-state index in [1.165, 1.54) is 11.1 Å². The van der Waals surface area contributed by atoms with Crippen LogP contribution in [0.25, 0.3) is 6.08 Å². The summed E-state index contributed by atoms with van der Waals surface area (Å²) in [5.41, 5.74) is 6.07. The van der Waals surface area contributed by atoms with Gasteiger partial charge in [0.05, 0.1) is 4.47 Å². The Balaban J connectivity index is 1.70. The first-order valence-electron chi connectivity index (χ1n) is 9.84. The summed E-state index contributed by atoms with van der Waals surface area (Å²) in [6.45, 7) is 6.59. The van der Waals surface area contributed by atoms with Crippen molar-refractivity contribution >= 4 is 33.6 Å². The number of hydrogen-bond acceptors (Lipinski definition) is 3. The molecule has 1 N–H and O–H groups in total. The Morgan fingerprint density at radius 1 is 1.03 bits per heavy atom. The first kappa shape index (κ1) is 22.3. The van der Waals surface area contributed by atoms with Crippen molar-refractivity contribution in [3.8, 4) is 11.8 Å². The number of nitrogens with one attached hydrogen (secondary N) is 1. The molecule has 0 radical (unpaired) electrons. The number of hydrogen-bond donors (Lipinski definition) is 1. The van der Waals surface area contributed by atoms with Crippen molar-refractivity contribution in [1.29, 1.82) is 5.26 Å². The molecule has 0 heterocycles. The van der Waals surface area contributed by atoms with Crippen LogP contribution < -0.4 is 10.1 Å². The van der Waals surface area contributed by atoms with Crippen molar-refractivity contribution in [2.24, 2.45) is 0 Å². The summed E-state index contributed by atoms with van der Waals surface area (Å²) in [4.78, 5) is 12.5. The molecule has 0 atom stereocenters. The van der Waals surface area contributed by atoms with Crippen LogP contribution in [0.1, 0.15) is 27.8 Å². The van der Waals surface area contributed by atoms with Crippen molar-refractivity contribution < 1.29 is 9.53 Å². The number of carbonyl (C=O) groups excluding carboxylic acids is 1. The summed E-state index contributed by atoms with van der Waals surface area (Å²) in [5.74, 6) is 0.246. The van der Waals surface area contributed by atoms with Crippen LogP contribution >= 0.6 is 15.9 Å². The van der Waals surface area contributed by atoms with Crippen molar-refractivity contribution in [3.05, 3.63) is 98.5 Å². The van der Waals surface area contributed by atoms with Crippen LogP contribution in [0.4, 0.5) is 5.69 Å². The van der Waals surface area contributed by atoms with E-state index in [1.54, 1.807) is 18.2 Å². The van der Waals surface area contributed by atoms with E-state index >= 15 is 0 Å². The molecule has 4 nitrogen and oxygen atoms in total. The number of anilines is 1. The minimum Gasteiger partial charge on any atom is -0.488 e. The topological polar surface area (TPSA) is 62.1 Å². The largest absolute Gasteiger partial charge is 0.488 e. The van der Waals surface area contributed by atoms with Crippen LogP contribution in [-0.4, -0.2) is 5.91 Å². The molecule has 0 aromatic heterocycles. The molecule has 1 amide bonds. The molecule has 3 aromatic carbocycles. The third kappa shape index (κ3) is 6.07. The molecule has 0 fully saturated rings. The zero-order chi connectivity index (χ0) is 22.4. The number of halogens is 1. The lowest BCUT2D eigenvalue weighted by molar-refractivity contribution is -0.112. The van der Waals surface area contributed by atoms with E-state index in [-0.39, 0.29) is 5.57 Å². The Hall–Kier alpha value is -3.36. The zero-order valence-electron chi connectivity index (χ0n) is 17.7. The smallest absolute Gasteiger partial charge is 0.266 e. The lowest BCUT2D eigenvalue weighted by atomic mass is 10.1.